The van der Waals surface area contributed by atoms with Gasteiger partial charge < -0.3 is 0 Å². The van der Waals surface area contributed by atoms with E-state index in [4.69, 9.17) is 0 Å². The average Bonchev–Trinajstić information content (AvgIpc) is 2.08. The summed E-state index contributed by atoms with van der Waals surface area (Å²) in [4.78, 5) is 0. The first kappa shape index (κ1) is 9.51. The smallest absolute Gasteiger partial charge is 0.197 e. The van der Waals surface area contributed by atoms with E-state index in [1.807, 2.05) is 0 Å². The van der Waals surface area contributed by atoms with E-state index < -0.39 is 23.3 Å². The lowest BCUT2D eigenvalue weighted by Gasteiger charge is -2.01. The van der Waals surface area contributed by atoms with Crippen molar-refractivity contribution in [2.45, 2.75) is 5.33 Å². The van der Waals surface area contributed by atoms with Gasteiger partial charge in [0, 0.05) is 10.9 Å². The molecule has 0 heterocycles. The second-order valence-corrected chi connectivity index (χ2v) is 2.65. The summed E-state index contributed by atoms with van der Waals surface area (Å²) in [5.74, 6) is -6.30. The van der Waals surface area contributed by atoms with Crippen LogP contribution >= 0.6 is 15.9 Å². The summed E-state index contributed by atoms with van der Waals surface area (Å²) in [5.41, 5.74) is -0.244. The maximum Gasteiger partial charge on any atom is 0.197 e. The lowest BCUT2D eigenvalue weighted by Crippen LogP contribution is -1.99. The summed E-state index contributed by atoms with van der Waals surface area (Å²) in [7, 11) is 0. The van der Waals surface area contributed by atoms with Crippen molar-refractivity contribution in [1.29, 1.82) is 0 Å². The second kappa shape index (κ2) is 3.43. The van der Waals surface area contributed by atoms with Gasteiger partial charge in [0.25, 0.3) is 0 Å². The van der Waals surface area contributed by atoms with Crippen LogP contribution in [0.5, 0.6) is 0 Å². The average molecular weight is 243 g/mol. The minimum Gasteiger partial charge on any atom is -0.204 e. The van der Waals surface area contributed by atoms with E-state index in [1.165, 1.54) is 0 Å². The second-order valence-electron chi connectivity index (χ2n) is 2.09. The molecule has 5 heteroatoms. The summed E-state index contributed by atoms with van der Waals surface area (Å²) >= 11 is 2.81. The van der Waals surface area contributed by atoms with Crippen molar-refractivity contribution in [2.75, 3.05) is 0 Å². The fourth-order valence-corrected chi connectivity index (χ4v) is 1.13. The highest BCUT2D eigenvalue weighted by atomic mass is 79.9. The van der Waals surface area contributed by atoms with Crippen molar-refractivity contribution in [3.05, 3.63) is 34.9 Å². The molecule has 0 aliphatic rings. The van der Waals surface area contributed by atoms with E-state index in [1.54, 1.807) is 0 Å². The summed E-state index contributed by atoms with van der Waals surface area (Å²) in [5, 5.41) is -0.0625. The third-order valence-electron chi connectivity index (χ3n) is 1.32. The van der Waals surface area contributed by atoms with E-state index in [0.29, 0.717) is 6.07 Å². The SMILES string of the molecule is Fc1cc(CBr)c(F)c(F)c1F. The van der Waals surface area contributed by atoms with E-state index in [9.17, 15) is 17.6 Å². The van der Waals surface area contributed by atoms with Crippen LogP contribution in [0.15, 0.2) is 6.07 Å². The van der Waals surface area contributed by atoms with E-state index >= 15 is 0 Å². The quantitative estimate of drug-likeness (QED) is 0.307. The Morgan fingerprint density at radius 2 is 1.58 bits per heavy atom. The first-order valence-corrected chi connectivity index (χ1v) is 4.08. The zero-order valence-electron chi connectivity index (χ0n) is 5.67. The molecule has 0 bridgehead atoms. The van der Waals surface area contributed by atoms with Gasteiger partial charge in [0.05, 0.1) is 0 Å². The summed E-state index contributed by atoms with van der Waals surface area (Å²) in [6.07, 6.45) is 0. The van der Waals surface area contributed by atoms with Gasteiger partial charge in [-0.05, 0) is 6.07 Å². The van der Waals surface area contributed by atoms with Crippen molar-refractivity contribution in [3.8, 4) is 0 Å². The Bertz CT molecular complexity index is 311. The minimum absolute atomic E-state index is 0.0625. The molecule has 0 aliphatic heterocycles. The summed E-state index contributed by atoms with van der Waals surface area (Å²) in [6.45, 7) is 0. The summed E-state index contributed by atoms with van der Waals surface area (Å²) < 4.78 is 49.8. The Balaban J connectivity index is 3.39. The highest BCUT2D eigenvalue weighted by Gasteiger charge is 2.17. The normalized spacial score (nSPS) is 10.4. The molecule has 1 aromatic carbocycles. The number of hydrogen-bond donors (Lipinski definition) is 0. The third kappa shape index (κ3) is 1.46. The molecule has 1 aromatic rings. The van der Waals surface area contributed by atoms with Gasteiger partial charge in [0.1, 0.15) is 0 Å². The fourth-order valence-electron chi connectivity index (χ4n) is 0.719. The Morgan fingerprint density at radius 3 is 2.08 bits per heavy atom. The Kier molecular flexibility index (Phi) is 2.72. The maximum atomic E-state index is 12.6. The molecule has 0 unspecified atom stereocenters. The van der Waals surface area contributed by atoms with Crippen LogP contribution in [0.3, 0.4) is 0 Å². The molecular formula is C7H3BrF4. The molecule has 0 radical (unpaired) electrons. The van der Waals surface area contributed by atoms with Gasteiger partial charge in [0.15, 0.2) is 23.3 Å². The number of benzene rings is 1. The zero-order valence-corrected chi connectivity index (χ0v) is 7.26. The topological polar surface area (TPSA) is 0 Å². The molecule has 0 N–H and O–H groups in total. The Labute approximate surface area is 74.3 Å². The molecule has 66 valence electrons. The molecule has 12 heavy (non-hydrogen) atoms. The van der Waals surface area contributed by atoms with Crippen molar-refractivity contribution in [1.82, 2.24) is 0 Å². The van der Waals surface area contributed by atoms with Gasteiger partial charge in [-0.25, -0.2) is 17.6 Å². The predicted octanol–water partition coefficient (Wildman–Crippen LogP) is 3.14. The molecule has 0 amide bonds. The van der Waals surface area contributed by atoms with Crippen LogP contribution in [-0.2, 0) is 5.33 Å². The van der Waals surface area contributed by atoms with Crippen molar-refractivity contribution in [2.24, 2.45) is 0 Å². The van der Waals surface area contributed by atoms with Gasteiger partial charge in [-0.1, -0.05) is 15.9 Å². The summed E-state index contributed by atoms with van der Waals surface area (Å²) in [6, 6.07) is 0.614. The van der Waals surface area contributed by atoms with E-state index in [-0.39, 0.29) is 10.9 Å². The highest BCUT2D eigenvalue weighted by molar-refractivity contribution is 9.08. The minimum atomic E-state index is -1.78. The zero-order chi connectivity index (χ0) is 9.30. The van der Waals surface area contributed by atoms with Crippen molar-refractivity contribution in [3.63, 3.8) is 0 Å². The number of hydrogen-bond acceptors (Lipinski definition) is 0. The lowest BCUT2D eigenvalue weighted by atomic mass is 10.2. The molecular weight excluding hydrogens is 240 g/mol. The molecule has 0 spiro atoms. The molecule has 0 saturated carbocycles. The number of rotatable bonds is 1. The molecule has 0 aromatic heterocycles. The fraction of sp³-hybridized carbons (Fsp3) is 0.143. The number of alkyl halides is 1. The van der Waals surface area contributed by atoms with Crippen molar-refractivity contribution < 1.29 is 17.6 Å². The van der Waals surface area contributed by atoms with Gasteiger partial charge in [0.2, 0.25) is 0 Å². The maximum absolute atomic E-state index is 12.6. The predicted molar refractivity (Wildman–Crippen MR) is 38.9 cm³/mol. The van der Waals surface area contributed by atoms with Crippen LogP contribution in [-0.4, -0.2) is 0 Å². The Hall–Kier alpha value is -0.580. The molecule has 1 rings (SSSR count). The third-order valence-corrected chi connectivity index (χ3v) is 1.93. The van der Waals surface area contributed by atoms with Crippen LogP contribution in [0.4, 0.5) is 17.6 Å². The van der Waals surface area contributed by atoms with E-state index in [0.717, 1.165) is 0 Å². The molecule has 0 nitrogen and oxygen atoms in total. The van der Waals surface area contributed by atoms with Crippen LogP contribution in [0.1, 0.15) is 5.56 Å². The monoisotopic (exact) mass is 242 g/mol. The van der Waals surface area contributed by atoms with Crippen LogP contribution in [0.25, 0.3) is 0 Å². The largest absolute Gasteiger partial charge is 0.204 e. The lowest BCUT2D eigenvalue weighted by molar-refractivity contribution is 0.405. The highest BCUT2D eigenvalue weighted by Crippen LogP contribution is 2.20. The van der Waals surface area contributed by atoms with Crippen LogP contribution < -0.4 is 0 Å². The van der Waals surface area contributed by atoms with Crippen LogP contribution in [0.2, 0.25) is 0 Å². The van der Waals surface area contributed by atoms with Gasteiger partial charge in [-0.15, -0.1) is 0 Å². The first-order valence-electron chi connectivity index (χ1n) is 2.95. The van der Waals surface area contributed by atoms with Gasteiger partial charge in [-0.3, -0.25) is 0 Å². The first-order chi connectivity index (χ1) is 5.57. The van der Waals surface area contributed by atoms with Gasteiger partial charge >= 0.3 is 0 Å². The molecule has 0 atom stereocenters. The standard InChI is InChI=1S/C7H3BrF4/c8-2-3-1-4(9)6(11)7(12)5(3)10/h1H,2H2. The van der Waals surface area contributed by atoms with Crippen LogP contribution in [0, 0.1) is 23.3 Å². The van der Waals surface area contributed by atoms with Gasteiger partial charge in [-0.2, -0.15) is 0 Å². The molecule has 0 saturated heterocycles. The molecule has 0 fully saturated rings. The van der Waals surface area contributed by atoms with E-state index in [2.05, 4.69) is 15.9 Å². The number of halogens is 5. The Morgan fingerprint density at radius 1 is 1.00 bits per heavy atom. The van der Waals surface area contributed by atoms with Crippen molar-refractivity contribution >= 4 is 15.9 Å². The molecule has 0 aliphatic carbocycles.